The number of piperidine rings is 1. The summed E-state index contributed by atoms with van der Waals surface area (Å²) in [6.07, 6.45) is 1.32. The van der Waals surface area contributed by atoms with E-state index in [9.17, 15) is 14.7 Å². The molecule has 1 heterocycles. The second-order valence-electron chi connectivity index (χ2n) is 8.37. The van der Waals surface area contributed by atoms with E-state index in [-0.39, 0.29) is 11.5 Å². The lowest BCUT2D eigenvalue weighted by Gasteiger charge is -2.59. The van der Waals surface area contributed by atoms with Gasteiger partial charge in [0.2, 0.25) is 0 Å². The maximum atomic E-state index is 10.0. The molecule has 1 saturated heterocycles. The summed E-state index contributed by atoms with van der Waals surface area (Å²) < 4.78 is 39.7. The normalized spacial score (nSPS) is 31.4. The number of carbonyl (C=O) groups is 2. The van der Waals surface area contributed by atoms with E-state index >= 15 is 0 Å². The van der Waals surface area contributed by atoms with Crippen molar-refractivity contribution in [3.63, 3.8) is 0 Å². The number of aliphatic hydroxyl groups is 2. The monoisotopic (exact) mass is 438 g/mol. The van der Waals surface area contributed by atoms with Gasteiger partial charge in [0.1, 0.15) is 5.75 Å². The van der Waals surface area contributed by atoms with E-state index in [0.717, 1.165) is 32.1 Å². The fourth-order valence-electron chi connectivity index (χ4n) is 5.47. The number of aliphatic hydroxyl groups excluding tert-OH is 2. The van der Waals surface area contributed by atoms with Gasteiger partial charge in [0.15, 0.2) is 12.2 Å². The predicted octanol–water partition coefficient (Wildman–Crippen LogP) is 1.51. The number of rotatable bonds is 5. The van der Waals surface area contributed by atoms with Gasteiger partial charge in [-0.15, -0.1) is 6.53 Å². The van der Waals surface area contributed by atoms with E-state index in [4.69, 9.17) is 27.3 Å². The molecule has 1 aromatic carbocycles. The Labute approximate surface area is 188 Å². The Morgan fingerprint density at radius 2 is 2.00 bits per heavy atom. The van der Waals surface area contributed by atoms with Crippen molar-refractivity contribution >= 4 is 11.9 Å². The van der Waals surface area contributed by atoms with Crippen LogP contribution in [0, 0.1) is 5.92 Å². The number of phenolic OH excluding ortho intramolecular Hbond substituents is 1. The minimum absolute atomic E-state index is 0.0154. The van der Waals surface area contributed by atoms with Gasteiger partial charge < -0.3 is 25.5 Å². The van der Waals surface area contributed by atoms with Crippen molar-refractivity contribution in [2.45, 2.75) is 62.2 Å². The number of aromatic hydroxyl groups is 1. The molecule has 1 aromatic rings. The summed E-state index contributed by atoms with van der Waals surface area (Å²) in [6.45, 7) is -2.34. The number of aliphatic carboxylic acids is 2. The molecule has 31 heavy (non-hydrogen) atoms. The van der Waals surface area contributed by atoms with Gasteiger partial charge in [-0.2, -0.15) is 0 Å². The third kappa shape index (κ3) is 4.46. The highest BCUT2D eigenvalue weighted by molar-refractivity contribution is 5.83. The topological polar surface area (TPSA) is 139 Å². The highest BCUT2D eigenvalue weighted by atomic mass is 16.4. The van der Waals surface area contributed by atoms with Crippen LogP contribution in [0.3, 0.4) is 0 Å². The number of benzene rings is 1. The molecule has 1 aliphatic heterocycles. The second-order valence-corrected chi connectivity index (χ2v) is 8.37. The molecule has 0 unspecified atom stereocenters. The SMILES string of the molecule is O=C(O)[C@H](O)[C@@H](O)C(=O)O.[2H]C([2H])=C([2H])C([2H])([2H])N1CC[C@]23CCCC[C@H]2[C@H]1Cc1ccc(O)cc13. The number of phenols is 1. The van der Waals surface area contributed by atoms with Crippen LogP contribution in [-0.2, 0) is 21.4 Å². The molecule has 170 valence electrons. The minimum Gasteiger partial charge on any atom is -0.508 e. The number of fused-ring (bicyclic) bond motifs is 1. The van der Waals surface area contributed by atoms with Gasteiger partial charge in [-0.3, -0.25) is 4.90 Å². The summed E-state index contributed by atoms with van der Waals surface area (Å²) in [5.74, 6) is -2.95. The molecule has 2 bridgehead atoms. The van der Waals surface area contributed by atoms with Gasteiger partial charge in [-0.05, 0) is 61.4 Å². The van der Waals surface area contributed by atoms with E-state index in [0.29, 0.717) is 24.6 Å². The Morgan fingerprint density at radius 1 is 1.29 bits per heavy atom. The van der Waals surface area contributed by atoms with Crippen LogP contribution in [0.5, 0.6) is 5.75 Å². The van der Waals surface area contributed by atoms with Gasteiger partial charge in [0, 0.05) is 20.7 Å². The number of hydrogen-bond donors (Lipinski definition) is 5. The summed E-state index contributed by atoms with van der Waals surface area (Å²) >= 11 is 0. The molecule has 4 rings (SSSR count). The van der Waals surface area contributed by atoms with Gasteiger partial charge in [0.05, 0.1) is 4.11 Å². The van der Waals surface area contributed by atoms with Crippen LogP contribution in [0.1, 0.15) is 50.1 Å². The van der Waals surface area contributed by atoms with Crippen LogP contribution in [0.4, 0.5) is 0 Å². The lowest BCUT2D eigenvalue weighted by atomic mass is 9.52. The van der Waals surface area contributed by atoms with Gasteiger partial charge in [-0.1, -0.05) is 25.0 Å². The van der Waals surface area contributed by atoms with Crippen molar-refractivity contribution in [1.82, 2.24) is 4.90 Å². The molecule has 5 N–H and O–H groups in total. The predicted molar refractivity (Wildman–Crippen MR) is 113 cm³/mol. The van der Waals surface area contributed by atoms with Crippen LogP contribution >= 0.6 is 0 Å². The molecule has 2 fully saturated rings. The molecule has 5 atom stereocenters. The number of likely N-dealkylation sites (tertiary alicyclic amines) is 1. The van der Waals surface area contributed by atoms with Crippen LogP contribution in [-0.4, -0.2) is 73.7 Å². The maximum absolute atomic E-state index is 10.0. The summed E-state index contributed by atoms with van der Waals surface area (Å²) in [5.41, 5.74) is 2.39. The zero-order chi connectivity index (χ0) is 27.0. The van der Waals surface area contributed by atoms with Crippen molar-refractivity contribution in [1.29, 1.82) is 0 Å². The Morgan fingerprint density at radius 3 is 2.65 bits per heavy atom. The first kappa shape index (κ1) is 17.2. The lowest BCUT2D eigenvalue weighted by Crippen LogP contribution is -2.60. The van der Waals surface area contributed by atoms with Crippen molar-refractivity contribution in [3.05, 3.63) is 41.9 Å². The van der Waals surface area contributed by atoms with Crippen molar-refractivity contribution in [3.8, 4) is 5.75 Å². The third-order valence-electron chi connectivity index (χ3n) is 6.82. The first-order chi connectivity index (χ1) is 16.7. The Bertz CT molecular complexity index is 1030. The van der Waals surface area contributed by atoms with Gasteiger partial charge in [0.25, 0.3) is 0 Å². The van der Waals surface area contributed by atoms with Gasteiger partial charge in [-0.25, -0.2) is 9.59 Å². The first-order valence-electron chi connectivity index (χ1n) is 12.8. The average molecular weight is 439 g/mol. The summed E-state index contributed by atoms with van der Waals surface area (Å²) in [5, 5.41) is 42.6. The Balaban J connectivity index is 0.000000308. The fraction of sp³-hybridized carbons (Fsp3) is 0.565. The number of carboxylic acids is 2. The highest BCUT2D eigenvalue weighted by Crippen LogP contribution is 2.56. The molecular formula is C23H31NO7. The largest absolute Gasteiger partial charge is 0.508 e. The van der Waals surface area contributed by atoms with Crippen molar-refractivity contribution in [2.24, 2.45) is 5.92 Å². The van der Waals surface area contributed by atoms with E-state index in [1.165, 1.54) is 11.1 Å². The third-order valence-corrected chi connectivity index (χ3v) is 6.82. The van der Waals surface area contributed by atoms with E-state index in [1.54, 1.807) is 11.0 Å². The summed E-state index contributed by atoms with van der Waals surface area (Å²) in [4.78, 5) is 21.3. The van der Waals surface area contributed by atoms with E-state index in [1.807, 2.05) is 12.1 Å². The molecule has 0 aromatic heterocycles. The van der Waals surface area contributed by atoms with Crippen molar-refractivity contribution < 1.29 is 42.0 Å². The Kier molecular flexibility index (Phi) is 5.20. The molecule has 8 nitrogen and oxygen atoms in total. The van der Waals surface area contributed by atoms with Crippen molar-refractivity contribution in [2.75, 3.05) is 13.0 Å². The molecule has 0 spiro atoms. The number of hydrogen-bond acceptors (Lipinski definition) is 6. The highest BCUT2D eigenvalue weighted by Gasteiger charge is 2.53. The molecule has 0 radical (unpaired) electrons. The van der Waals surface area contributed by atoms with E-state index in [2.05, 4.69) is 0 Å². The number of nitrogens with zero attached hydrogens (tertiary/aromatic N) is 1. The quantitative estimate of drug-likeness (QED) is 0.436. The molecule has 8 heteroatoms. The van der Waals surface area contributed by atoms with Gasteiger partial charge >= 0.3 is 11.9 Å². The molecule has 2 aliphatic carbocycles. The maximum Gasteiger partial charge on any atom is 0.335 e. The Hall–Kier alpha value is -2.42. The second kappa shape index (κ2) is 9.38. The number of carboxylic acid groups (broad SMARTS) is 2. The standard InChI is InChI=1S/C19H25NO.C4H6O6/c1-2-10-20-11-9-19-8-4-3-5-16(19)18(20)12-14-6-7-15(21)13-17(14)19;5-1(3(7)8)2(6)4(9)10/h2,6-7,13,16,18,21H,1,3-5,8-12H2;1-2,5-6H,(H,7,8)(H,9,10)/t16-,18+,19+;1-,2-/m01/s1/i1D2,2D,10D2;. The minimum atomic E-state index is -2.27. The average Bonchev–Trinajstić information content (AvgIpc) is 2.83. The van der Waals surface area contributed by atoms with Crippen LogP contribution in [0.25, 0.3) is 0 Å². The smallest absolute Gasteiger partial charge is 0.335 e. The van der Waals surface area contributed by atoms with Crippen LogP contribution in [0.2, 0.25) is 0 Å². The zero-order valence-corrected chi connectivity index (χ0v) is 17.0. The summed E-state index contributed by atoms with van der Waals surface area (Å²) in [7, 11) is 0. The molecule has 3 aliphatic rings. The molecule has 0 amide bonds. The van der Waals surface area contributed by atoms with Crippen LogP contribution < -0.4 is 0 Å². The summed E-state index contributed by atoms with van der Waals surface area (Å²) in [6, 6.07) is 4.99. The zero-order valence-electron chi connectivity index (χ0n) is 22.0. The van der Waals surface area contributed by atoms with E-state index < -0.39 is 43.2 Å². The van der Waals surface area contributed by atoms with Crippen LogP contribution in [0.15, 0.2) is 30.8 Å². The lowest BCUT2D eigenvalue weighted by molar-refractivity contribution is -0.165. The molecular weight excluding hydrogens is 402 g/mol. The first-order valence-corrected chi connectivity index (χ1v) is 10.3. The fourth-order valence-corrected chi connectivity index (χ4v) is 5.47. The molecule has 1 saturated carbocycles.